The molecule has 1 atom stereocenters. The molecule has 4 nitrogen and oxygen atoms in total. The molecule has 3 aromatic rings. The van der Waals surface area contributed by atoms with Crippen LogP contribution in [0, 0.1) is 0 Å². The number of nitrogens with zero attached hydrogens (tertiary/aromatic N) is 1. The highest BCUT2D eigenvalue weighted by atomic mass is 16.5. The maximum Gasteiger partial charge on any atom is 0.120 e. The average molecular weight is 349 g/mol. The van der Waals surface area contributed by atoms with Gasteiger partial charge in [-0.1, -0.05) is 30.9 Å². The van der Waals surface area contributed by atoms with Gasteiger partial charge in [-0.05, 0) is 59.5 Å². The van der Waals surface area contributed by atoms with Crippen LogP contribution >= 0.6 is 0 Å². The summed E-state index contributed by atoms with van der Waals surface area (Å²) in [6.07, 6.45) is 6.20. The number of aromatic nitrogens is 1. The lowest BCUT2D eigenvalue weighted by molar-refractivity contribution is 0.100. The summed E-state index contributed by atoms with van der Waals surface area (Å²) in [7, 11) is 0. The average Bonchev–Trinajstić information content (AvgIpc) is 2.69. The van der Waals surface area contributed by atoms with Gasteiger partial charge in [-0.3, -0.25) is 4.98 Å². The SMILES string of the molecule is C=CCOc1ccc2cc(OCC(O)CCc3cccnc3)ccc2c1. The predicted octanol–water partition coefficient (Wildman–Crippen LogP) is 4.17. The second kappa shape index (κ2) is 9.02. The first-order valence-corrected chi connectivity index (χ1v) is 8.72. The summed E-state index contributed by atoms with van der Waals surface area (Å²) in [5.41, 5.74) is 1.12. The molecule has 0 fully saturated rings. The van der Waals surface area contributed by atoms with Crippen molar-refractivity contribution in [3.05, 3.63) is 79.1 Å². The second-order valence-corrected chi connectivity index (χ2v) is 6.14. The number of rotatable bonds is 9. The Labute approximate surface area is 153 Å². The van der Waals surface area contributed by atoms with Crippen molar-refractivity contribution in [1.29, 1.82) is 0 Å². The Hall–Kier alpha value is -2.85. The lowest BCUT2D eigenvalue weighted by atomic mass is 10.1. The summed E-state index contributed by atoms with van der Waals surface area (Å²) in [6.45, 7) is 4.41. The van der Waals surface area contributed by atoms with Gasteiger partial charge in [0.1, 0.15) is 24.7 Å². The molecule has 1 aromatic heterocycles. The first kappa shape index (κ1) is 18.0. The van der Waals surface area contributed by atoms with E-state index in [1.807, 2.05) is 54.7 Å². The number of benzene rings is 2. The molecule has 3 rings (SSSR count). The van der Waals surface area contributed by atoms with Crippen molar-refractivity contribution in [3.63, 3.8) is 0 Å². The van der Waals surface area contributed by atoms with Gasteiger partial charge in [-0.25, -0.2) is 0 Å². The molecule has 1 unspecified atom stereocenters. The second-order valence-electron chi connectivity index (χ2n) is 6.14. The molecule has 0 aliphatic carbocycles. The predicted molar refractivity (Wildman–Crippen MR) is 104 cm³/mol. The molecule has 1 N–H and O–H groups in total. The van der Waals surface area contributed by atoms with E-state index < -0.39 is 6.10 Å². The zero-order chi connectivity index (χ0) is 18.2. The summed E-state index contributed by atoms with van der Waals surface area (Å²) >= 11 is 0. The first-order valence-electron chi connectivity index (χ1n) is 8.72. The Kier molecular flexibility index (Phi) is 6.23. The quantitative estimate of drug-likeness (QED) is 0.589. The van der Waals surface area contributed by atoms with E-state index >= 15 is 0 Å². The minimum absolute atomic E-state index is 0.270. The van der Waals surface area contributed by atoms with E-state index in [4.69, 9.17) is 9.47 Å². The standard InChI is InChI=1S/C22H23NO3/c1-2-12-25-21-9-6-19-14-22(10-7-18(19)13-21)26-16-20(24)8-5-17-4-3-11-23-15-17/h2-4,6-7,9-11,13-15,20,24H,1,5,8,12,16H2. The third-order valence-corrected chi connectivity index (χ3v) is 4.08. The summed E-state index contributed by atoms with van der Waals surface area (Å²) < 4.78 is 11.3. The van der Waals surface area contributed by atoms with Crippen LogP contribution in [0.25, 0.3) is 10.8 Å². The number of hydrogen-bond acceptors (Lipinski definition) is 4. The highest BCUT2D eigenvalue weighted by Crippen LogP contribution is 2.25. The Bertz CT molecular complexity index is 848. The molecule has 0 spiro atoms. The zero-order valence-corrected chi connectivity index (χ0v) is 14.7. The number of ether oxygens (including phenoxy) is 2. The van der Waals surface area contributed by atoms with E-state index in [-0.39, 0.29) is 6.61 Å². The number of aliphatic hydroxyl groups is 1. The fraction of sp³-hybridized carbons (Fsp3) is 0.227. The van der Waals surface area contributed by atoms with Crippen LogP contribution in [0.5, 0.6) is 11.5 Å². The molecule has 0 aliphatic heterocycles. The Morgan fingerprint density at radius 3 is 2.42 bits per heavy atom. The summed E-state index contributed by atoms with van der Waals surface area (Å²) in [6, 6.07) is 15.7. The zero-order valence-electron chi connectivity index (χ0n) is 14.7. The topological polar surface area (TPSA) is 51.6 Å². The number of fused-ring (bicyclic) bond motifs is 1. The molecular formula is C22H23NO3. The molecular weight excluding hydrogens is 326 g/mol. The monoisotopic (exact) mass is 349 g/mol. The molecule has 0 saturated heterocycles. The fourth-order valence-corrected chi connectivity index (χ4v) is 2.69. The van der Waals surface area contributed by atoms with Crippen LogP contribution in [-0.2, 0) is 6.42 Å². The number of hydrogen-bond donors (Lipinski definition) is 1. The van der Waals surface area contributed by atoms with Gasteiger partial charge in [-0.15, -0.1) is 0 Å². The van der Waals surface area contributed by atoms with Crippen molar-refractivity contribution in [2.24, 2.45) is 0 Å². The largest absolute Gasteiger partial charge is 0.491 e. The highest BCUT2D eigenvalue weighted by molar-refractivity contribution is 5.85. The number of aryl methyl sites for hydroxylation is 1. The van der Waals surface area contributed by atoms with Gasteiger partial charge in [0.25, 0.3) is 0 Å². The summed E-state index contributed by atoms with van der Waals surface area (Å²) in [5.74, 6) is 1.56. The van der Waals surface area contributed by atoms with E-state index in [0.29, 0.717) is 13.0 Å². The first-order chi connectivity index (χ1) is 12.7. The van der Waals surface area contributed by atoms with Gasteiger partial charge >= 0.3 is 0 Å². The van der Waals surface area contributed by atoms with Crippen molar-refractivity contribution in [2.45, 2.75) is 18.9 Å². The molecule has 134 valence electrons. The maximum absolute atomic E-state index is 10.1. The van der Waals surface area contributed by atoms with Gasteiger partial charge in [0, 0.05) is 12.4 Å². The Morgan fingerprint density at radius 1 is 1.04 bits per heavy atom. The minimum Gasteiger partial charge on any atom is -0.491 e. The van der Waals surface area contributed by atoms with Crippen molar-refractivity contribution in [3.8, 4) is 11.5 Å². The summed E-state index contributed by atoms with van der Waals surface area (Å²) in [5, 5.41) is 12.3. The molecule has 1 heterocycles. The molecule has 0 bridgehead atoms. The van der Waals surface area contributed by atoms with Gasteiger partial charge < -0.3 is 14.6 Å². The number of pyridine rings is 1. The normalized spacial score (nSPS) is 11.9. The van der Waals surface area contributed by atoms with Gasteiger partial charge in [0.15, 0.2) is 0 Å². The number of aliphatic hydroxyl groups excluding tert-OH is 1. The molecule has 26 heavy (non-hydrogen) atoms. The Balaban J connectivity index is 1.54. The molecule has 0 aliphatic rings. The van der Waals surface area contributed by atoms with E-state index in [1.165, 1.54) is 0 Å². The van der Waals surface area contributed by atoms with Crippen LogP contribution in [0.15, 0.2) is 73.6 Å². The van der Waals surface area contributed by atoms with Crippen LogP contribution in [-0.4, -0.2) is 29.4 Å². The minimum atomic E-state index is -0.513. The molecule has 0 radical (unpaired) electrons. The smallest absolute Gasteiger partial charge is 0.120 e. The van der Waals surface area contributed by atoms with Gasteiger partial charge in [-0.2, -0.15) is 0 Å². The fourth-order valence-electron chi connectivity index (χ4n) is 2.69. The maximum atomic E-state index is 10.1. The third kappa shape index (κ3) is 5.07. The van der Waals surface area contributed by atoms with Crippen LogP contribution in [0.3, 0.4) is 0 Å². The van der Waals surface area contributed by atoms with Gasteiger partial charge in [0.05, 0.1) is 6.10 Å². The van der Waals surface area contributed by atoms with E-state index in [1.54, 1.807) is 12.3 Å². The lowest BCUT2D eigenvalue weighted by Gasteiger charge is -2.13. The molecule has 4 heteroatoms. The third-order valence-electron chi connectivity index (χ3n) is 4.08. The van der Waals surface area contributed by atoms with Gasteiger partial charge in [0.2, 0.25) is 0 Å². The summed E-state index contributed by atoms with van der Waals surface area (Å²) in [4.78, 5) is 4.08. The van der Waals surface area contributed by atoms with Crippen LogP contribution < -0.4 is 9.47 Å². The van der Waals surface area contributed by atoms with Crippen LogP contribution in [0.1, 0.15) is 12.0 Å². The van der Waals surface area contributed by atoms with E-state index in [2.05, 4.69) is 11.6 Å². The highest BCUT2D eigenvalue weighted by Gasteiger charge is 2.07. The molecule has 2 aromatic carbocycles. The van der Waals surface area contributed by atoms with E-state index in [0.717, 1.165) is 34.3 Å². The van der Waals surface area contributed by atoms with E-state index in [9.17, 15) is 5.11 Å². The Morgan fingerprint density at radius 2 is 1.77 bits per heavy atom. The van der Waals surface area contributed by atoms with Crippen molar-refractivity contribution in [1.82, 2.24) is 4.98 Å². The molecule has 0 amide bonds. The van der Waals surface area contributed by atoms with Crippen molar-refractivity contribution >= 4 is 10.8 Å². The lowest BCUT2D eigenvalue weighted by Crippen LogP contribution is -2.18. The van der Waals surface area contributed by atoms with Crippen molar-refractivity contribution in [2.75, 3.05) is 13.2 Å². The van der Waals surface area contributed by atoms with Crippen LogP contribution in [0.2, 0.25) is 0 Å². The molecule has 0 saturated carbocycles. The van der Waals surface area contributed by atoms with Crippen molar-refractivity contribution < 1.29 is 14.6 Å². The van der Waals surface area contributed by atoms with Crippen LogP contribution in [0.4, 0.5) is 0 Å².